The highest BCUT2D eigenvalue weighted by Gasteiger charge is 2.32. The number of aliphatic imine (C=N–C) groups is 1. The lowest BCUT2D eigenvalue weighted by atomic mass is 10.2. The summed E-state index contributed by atoms with van der Waals surface area (Å²) in [5.74, 6) is -0.336. The number of anilines is 1. The van der Waals surface area contributed by atoms with Crippen molar-refractivity contribution in [1.29, 1.82) is 0 Å². The van der Waals surface area contributed by atoms with E-state index in [2.05, 4.69) is 9.98 Å². The minimum absolute atomic E-state index is 0.156. The Hall–Kier alpha value is -3.56. The number of aromatic nitrogens is 2. The number of thioether (sulfide) groups is 1. The quantitative estimate of drug-likeness (QED) is 0.417. The molecular formula is C23H15FN4O2S2. The average molecular weight is 463 g/mol. The number of rotatable bonds is 4. The Bertz CT molecular complexity index is 1430. The molecule has 2 aromatic heterocycles. The normalized spacial score (nSPS) is 15.0. The van der Waals surface area contributed by atoms with Gasteiger partial charge < -0.3 is 0 Å². The molecule has 0 fully saturated rings. The zero-order valence-corrected chi connectivity index (χ0v) is 18.1. The molecule has 0 N–H and O–H groups in total. The number of amides is 1. The topological polar surface area (TPSA) is 67.0 Å². The highest BCUT2D eigenvalue weighted by molar-refractivity contribution is 8.13. The first-order valence-corrected chi connectivity index (χ1v) is 11.5. The molecule has 0 saturated heterocycles. The molecule has 6 nitrogen and oxygen atoms in total. The van der Waals surface area contributed by atoms with Crippen LogP contribution in [-0.2, 0) is 10.5 Å². The lowest BCUT2D eigenvalue weighted by molar-refractivity contribution is -0.113. The smallest absolute Gasteiger partial charge is 0.269 e. The Morgan fingerprint density at radius 2 is 1.84 bits per heavy atom. The first kappa shape index (κ1) is 20.3. The van der Waals surface area contributed by atoms with Crippen LogP contribution in [0.15, 0.2) is 87.7 Å². The third kappa shape index (κ3) is 4.00. The third-order valence-electron chi connectivity index (χ3n) is 4.72. The summed E-state index contributed by atoms with van der Waals surface area (Å²) in [5.41, 5.74) is 2.09. The molecule has 0 aliphatic carbocycles. The number of nitrogens with zero attached hydrogens (tertiary/aromatic N) is 4. The van der Waals surface area contributed by atoms with Crippen LogP contribution in [0.3, 0.4) is 0 Å². The van der Waals surface area contributed by atoms with Gasteiger partial charge >= 0.3 is 0 Å². The van der Waals surface area contributed by atoms with Crippen molar-refractivity contribution in [3.05, 3.63) is 105 Å². The molecule has 9 heteroatoms. The van der Waals surface area contributed by atoms with Crippen molar-refractivity contribution in [3.63, 3.8) is 0 Å². The van der Waals surface area contributed by atoms with E-state index in [0.717, 1.165) is 5.56 Å². The molecule has 3 heterocycles. The first-order chi connectivity index (χ1) is 15.6. The maximum absolute atomic E-state index is 13.5. The molecule has 0 atom stereocenters. The third-order valence-corrected chi connectivity index (χ3v) is 6.45. The number of hydrogen-bond acceptors (Lipinski definition) is 6. The summed E-state index contributed by atoms with van der Waals surface area (Å²) in [4.78, 5) is 36.6. The van der Waals surface area contributed by atoms with Gasteiger partial charge in [0.2, 0.25) is 0 Å². The highest BCUT2D eigenvalue weighted by Crippen LogP contribution is 2.30. The molecule has 0 bridgehead atoms. The van der Waals surface area contributed by atoms with Crippen LogP contribution in [-0.4, -0.2) is 20.5 Å². The van der Waals surface area contributed by atoms with E-state index < -0.39 is 0 Å². The highest BCUT2D eigenvalue weighted by atomic mass is 32.2. The van der Waals surface area contributed by atoms with Crippen LogP contribution in [0, 0.1) is 5.82 Å². The zero-order chi connectivity index (χ0) is 22.1. The fourth-order valence-electron chi connectivity index (χ4n) is 3.22. The Morgan fingerprint density at radius 1 is 1.06 bits per heavy atom. The zero-order valence-electron chi connectivity index (χ0n) is 16.5. The van der Waals surface area contributed by atoms with Gasteiger partial charge in [-0.1, -0.05) is 42.1 Å². The Kier molecular flexibility index (Phi) is 5.42. The van der Waals surface area contributed by atoms with Crippen LogP contribution in [0.25, 0.3) is 11.0 Å². The fourth-order valence-corrected chi connectivity index (χ4v) is 4.86. The number of benzene rings is 2. The van der Waals surface area contributed by atoms with E-state index in [9.17, 15) is 14.0 Å². The number of halogens is 1. The summed E-state index contributed by atoms with van der Waals surface area (Å²) in [6, 6.07) is 16.6. The predicted molar refractivity (Wildman–Crippen MR) is 126 cm³/mol. The lowest BCUT2D eigenvalue weighted by Gasteiger charge is -2.17. The van der Waals surface area contributed by atoms with Crippen LogP contribution in [0.1, 0.15) is 11.3 Å². The van der Waals surface area contributed by atoms with E-state index in [1.165, 1.54) is 62.7 Å². The molecule has 0 radical (unpaired) electrons. The second kappa shape index (κ2) is 8.52. The number of thiazole rings is 1. The number of carbonyl (C=O) groups excluding carboxylic acids is 1. The van der Waals surface area contributed by atoms with E-state index in [4.69, 9.17) is 0 Å². The van der Waals surface area contributed by atoms with E-state index in [0.29, 0.717) is 27.3 Å². The summed E-state index contributed by atoms with van der Waals surface area (Å²) in [6.07, 6.45) is 3.40. The van der Waals surface area contributed by atoms with E-state index in [1.807, 2.05) is 30.3 Å². The summed E-state index contributed by atoms with van der Waals surface area (Å²) < 4.78 is 14.9. The van der Waals surface area contributed by atoms with Crippen molar-refractivity contribution in [2.45, 2.75) is 5.75 Å². The van der Waals surface area contributed by atoms with Crippen molar-refractivity contribution in [2.24, 2.45) is 4.99 Å². The summed E-state index contributed by atoms with van der Waals surface area (Å²) >= 11 is 2.67. The Balaban J connectivity index is 1.48. The maximum atomic E-state index is 13.5. The molecule has 5 rings (SSSR count). The minimum atomic E-state index is -0.388. The van der Waals surface area contributed by atoms with Crippen molar-refractivity contribution < 1.29 is 9.18 Å². The number of amidine groups is 1. The predicted octanol–water partition coefficient (Wildman–Crippen LogP) is 4.57. The molecule has 2 aromatic carbocycles. The maximum Gasteiger partial charge on any atom is 0.283 e. The number of carbonyl (C=O) groups is 1. The van der Waals surface area contributed by atoms with Gasteiger partial charge in [-0.3, -0.25) is 18.9 Å². The van der Waals surface area contributed by atoms with Crippen molar-refractivity contribution in [2.75, 3.05) is 4.90 Å². The summed E-state index contributed by atoms with van der Waals surface area (Å²) in [7, 11) is 0. The molecule has 0 spiro atoms. The van der Waals surface area contributed by atoms with Crippen LogP contribution in [0.5, 0.6) is 0 Å². The van der Waals surface area contributed by atoms with Crippen LogP contribution < -0.4 is 10.5 Å². The molecule has 0 saturated carbocycles. The monoisotopic (exact) mass is 462 g/mol. The fraction of sp³-hybridized carbons (Fsp3) is 0.0435. The molecule has 4 aromatic rings. The number of fused-ring (bicyclic) bond motifs is 1. The van der Waals surface area contributed by atoms with E-state index in [-0.39, 0.29) is 23.0 Å². The largest absolute Gasteiger partial charge is 0.283 e. The van der Waals surface area contributed by atoms with Crippen molar-refractivity contribution in [1.82, 2.24) is 9.38 Å². The summed E-state index contributed by atoms with van der Waals surface area (Å²) in [6.45, 7) is 0. The van der Waals surface area contributed by atoms with Crippen LogP contribution >= 0.6 is 23.1 Å². The standard InChI is InChI=1S/C23H15FN4O2S2/c24-16-6-8-18(9-7-16)28-21(30)19(12-15-4-2-1-3-5-15)26-23(28)32-14-17-13-20(29)27-10-11-31-22(27)25-17/h1-13H,14H2/b19-12+. The second-order valence-electron chi connectivity index (χ2n) is 6.88. The molecule has 158 valence electrons. The van der Waals surface area contributed by atoms with Gasteiger partial charge in [-0.2, -0.15) is 0 Å². The van der Waals surface area contributed by atoms with E-state index >= 15 is 0 Å². The second-order valence-corrected chi connectivity index (χ2v) is 8.70. The summed E-state index contributed by atoms with van der Waals surface area (Å²) in [5, 5.41) is 2.24. The van der Waals surface area contributed by atoms with Gasteiger partial charge in [0.25, 0.3) is 11.5 Å². The molecule has 1 amide bonds. The lowest BCUT2D eigenvalue weighted by Crippen LogP contribution is -2.30. The first-order valence-electron chi connectivity index (χ1n) is 9.62. The van der Waals surface area contributed by atoms with E-state index in [1.54, 1.807) is 17.7 Å². The van der Waals surface area contributed by atoms with Gasteiger partial charge in [0.05, 0.1) is 11.4 Å². The number of hydrogen-bond donors (Lipinski definition) is 0. The van der Waals surface area contributed by atoms with Gasteiger partial charge in [-0.05, 0) is 35.9 Å². The Labute approximate surface area is 190 Å². The average Bonchev–Trinajstić information content (AvgIpc) is 3.39. The molecular weight excluding hydrogens is 447 g/mol. The van der Waals surface area contributed by atoms with Gasteiger partial charge in [-0.15, -0.1) is 11.3 Å². The van der Waals surface area contributed by atoms with Crippen LogP contribution in [0.2, 0.25) is 0 Å². The van der Waals surface area contributed by atoms with Gasteiger partial charge in [0.15, 0.2) is 10.1 Å². The molecule has 1 aliphatic heterocycles. The molecule has 0 unspecified atom stereocenters. The Morgan fingerprint density at radius 3 is 2.62 bits per heavy atom. The van der Waals surface area contributed by atoms with Crippen molar-refractivity contribution in [3.8, 4) is 0 Å². The van der Waals surface area contributed by atoms with Gasteiger partial charge in [-0.25, -0.2) is 14.4 Å². The van der Waals surface area contributed by atoms with Crippen LogP contribution in [0.4, 0.5) is 10.1 Å². The van der Waals surface area contributed by atoms with Gasteiger partial charge in [0, 0.05) is 23.4 Å². The minimum Gasteiger partial charge on any atom is -0.269 e. The molecule has 32 heavy (non-hydrogen) atoms. The van der Waals surface area contributed by atoms with Crippen molar-refractivity contribution >= 4 is 50.9 Å². The molecule has 1 aliphatic rings. The van der Waals surface area contributed by atoms with Gasteiger partial charge in [0.1, 0.15) is 11.5 Å². The SMILES string of the molecule is O=C1/C(=C\c2ccccc2)N=C(SCc2cc(=O)n3ccsc3n2)N1c1ccc(F)cc1.